The number of hydrogen-bond donors (Lipinski definition) is 1. The van der Waals surface area contributed by atoms with Crippen LogP contribution in [-0.2, 0) is 0 Å². The second-order valence-electron chi connectivity index (χ2n) is 7.39. The van der Waals surface area contributed by atoms with Crippen LogP contribution in [0.3, 0.4) is 0 Å². The number of alkyl halides is 2. The normalized spacial score (nSPS) is 14.9. The number of halogens is 2. The van der Waals surface area contributed by atoms with Gasteiger partial charge in [-0.15, -0.1) is 5.10 Å². The fourth-order valence-corrected chi connectivity index (χ4v) is 4.27. The number of ketones is 1. The Morgan fingerprint density at radius 1 is 1.27 bits per heavy atom. The van der Waals surface area contributed by atoms with Crippen molar-refractivity contribution in [2.24, 2.45) is 0 Å². The highest BCUT2D eigenvalue weighted by Crippen LogP contribution is 2.38. The number of carbonyl (C=O) groups excluding carboxylic acids is 1. The molecule has 9 heteroatoms. The fraction of sp³-hybridized carbons (Fsp3) is 0.381. The first-order valence-corrected chi connectivity index (χ1v) is 10.6. The van der Waals surface area contributed by atoms with Crippen LogP contribution in [0.15, 0.2) is 35.5 Å². The number of carbonyl (C=O) groups is 1. The van der Waals surface area contributed by atoms with Crippen LogP contribution in [0.1, 0.15) is 53.3 Å². The van der Waals surface area contributed by atoms with Gasteiger partial charge >= 0.3 is 6.61 Å². The van der Waals surface area contributed by atoms with Gasteiger partial charge in [0.15, 0.2) is 5.78 Å². The maximum atomic E-state index is 13.1. The highest BCUT2D eigenvalue weighted by molar-refractivity contribution is 8.00. The third kappa shape index (κ3) is 4.26. The Bertz CT molecular complexity index is 1060. The molecule has 4 rings (SSSR count). The van der Waals surface area contributed by atoms with E-state index in [1.807, 2.05) is 31.4 Å². The Balaban J connectivity index is 1.52. The van der Waals surface area contributed by atoms with Crippen molar-refractivity contribution in [2.45, 2.75) is 56.5 Å². The highest BCUT2D eigenvalue weighted by Gasteiger charge is 2.28. The number of H-pyrrole nitrogens is 1. The smallest absolute Gasteiger partial charge is 0.387 e. The number of aromatic amines is 1. The molecule has 0 spiro atoms. The molecule has 1 aliphatic rings. The van der Waals surface area contributed by atoms with Gasteiger partial charge in [-0.05, 0) is 63.9 Å². The van der Waals surface area contributed by atoms with E-state index in [1.165, 1.54) is 23.9 Å². The summed E-state index contributed by atoms with van der Waals surface area (Å²) in [5.74, 6) is 1.47. The third-order valence-electron chi connectivity index (χ3n) is 5.11. The summed E-state index contributed by atoms with van der Waals surface area (Å²) < 4.78 is 31.1. The largest absolute Gasteiger partial charge is 0.435 e. The van der Waals surface area contributed by atoms with Gasteiger partial charge in [-0.1, -0.05) is 11.8 Å². The molecule has 1 saturated carbocycles. The zero-order valence-electron chi connectivity index (χ0n) is 16.9. The van der Waals surface area contributed by atoms with Crippen molar-refractivity contribution >= 4 is 17.5 Å². The topological polar surface area (TPSA) is 72.8 Å². The van der Waals surface area contributed by atoms with E-state index in [-0.39, 0.29) is 16.8 Å². The number of ether oxygens (including phenoxy) is 1. The maximum absolute atomic E-state index is 13.1. The molecule has 2 heterocycles. The number of hydrogen-bond acceptors (Lipinski definition) is 5. The van der Waals surface area contributed by atoms with Crippen LogP contribution in [-0.4, -0.2) is 37.4 Å². The van der Waals surface area contributed by atoms with Gasteiger partial charge in [0.2, 0.25) is 5.16 Å². The molecule has 3 aromatic rings. The van der Waals surface area contributed by atoms with Gasteiger partial charge in [-0.2, -0.15) is 8.78 Å². The first-order valence-electron chi connectivity index (χ1n) is 9.71. The lowest BCUT2D eigenvalue weighted by molar-refractivity contribution is -0.0498. The minimum absolute atomic E-state index is 0.00484. The quantitative estimate of drug-likeness (QED) is 0.398. The van der Waals surface area contributed by atoms with Gasteiger partial charge in [0.1, 0.15) is 11.6 Å². The van der Waals surface area contributed by atoms with E-state index in [2.05, 4.69) is 19.9 Å². The van der Waals surface area contributed by atoms with Gasteiger partial charge < -0.3 is 9.30 Å². The predicted octanol–water partition coefficient (Wildman–Crippen LogP) is 5.05. The van der Waals surface area contributed by atoms with Crippen molar-refractivity contribution in [3.8, 4) is 11.4 Å². The van der Waals surface area contributed by atoms with E-state index in [9.17, 15) is 13.6 Å². The summed E-state index contributed by atoms with van der Waals surface area (Å²) in [5.41, 5.74) is 3.07. The lowest BCUT2D eigenvalue weighted by Gasteiger charge is -2.12. The van der Waals surface area contributed by atoms with Crippen LogP contribution in [0.4, 0.5) is 8.78 Å². The molecule has 1 N–H and O–H groups in total. The van der Waals surface area contributed by atoms with E-state index in [4.69, 9.17) is 0 Å². The molecule has 30 heavy (non-hydrogen) atoms. The van der Waals surface area contributed by atoms with E-state index in [1.54, 1.807) is 12.1 Å². The molecule has 0 unspecified atom stereocenters. The average Bonchev–Trinajstić information content (AvgIpc) is 3.38. The molecule has 1 atom stereocenters. The third-order valence-corrected chi connectivity index (χ3v) is 6.08. The van der Waals surface area contributed by atoms with Crippen molar-refractivity contribution in [1.82, 2.24) is 19.7 Å². The van der Waals surface area contributed by atoms with E-state index >= 15 is 0 Å². The molecule has 1 aliphatic carbocycles. The molecule has 0 radical (unpaired) electrons. The summed E-state index contributed by atoms with van der Waals surface area (Å²) in [5, 5.41) is 7.42. The standard InChI is InChI=1S/C21H22F2N4O2S/c1-11-10-17(12(2)27(11)15-6-8-16(9-7-15)29-20(22)23)18(28)13(3)30-21-24-19(25-26-21)14-4-5-14/h6-10,13-14,20H,4-5H2,1-3H3,(H,24,25,26)/t13-/m1/s1. The summed E-state index contributed by atoms with van der Waals surface area (Å²) in [7, 11) is 0. The van der Waals surface area contributed by atoms with Crippen LogP contribution in [0.25, 0.3) is 5.69 Å². The minimum atomic E-state index is -2.86. The monoisotopic (exact) mass is 432 g/mol. The molecule has 6 nitrogen and oxygen atoms in total. The summed E-state index contributed by atoms with van der Waals surface area (Å²) in [6.45, 7) is 2.77. The van der Waals surface area contributed by atoms with E-state index < -0.39 is 6.61 Å². The first-order chi connectivity index (χ1) is 14.3. The summed E-state index contributed by atoms with van der Waals surface area (Å²) in [4.78, 5) is 17.6. The predicted molar refractivity (Wildman–Crippen MR) is 110 cm³/mol. The van der Waals surface area contributed by atoms with Crippen molar-refractivity contribution in [3.63, 3.8) is 0 Å². The Kier molecular flexibility index (Phi) is 5.64. The SMILES string of the molecule is Cc1cc(C(=O)[C@@H](C)Sc2n[nH]c(C3CC3)n2)c(C)n1-c1ccc(OC(F)F)cc1. The highest BCUT2D eigenvalue weighted by atomic mass is 32.2. The molecule has 0 aliphatic heterocycles. The van der Waals surface area contributed by atoms with Gasteiger partial charge in [0, 0.05) is 28.6 Å². The summed E-state index contributed by atoms with van der Waals surface area (Å²) in [6.07, 6.45) is 2.27. The van der Waals surface area contributed by atoms with Crippen molar-refractivity contribution in [2.75, 3.05) is 0 Å². The van der Waals surface area contributed by atoms with E-state index in [0.29, 0.717) is 16.6 Å². The van der Waals surface area contributed by atoms with Crippen LogP contribution >= 0.6 is 11.8 Å². The Morgan fingerprint density at radius 3 is 2.60 bits per heavy atom. The molecule has 2 aromatic heterocycles. The van der Waals surface area contributed by atoms with Crippen molar-refractivity contribution in [1.29, 1.82) is 0 Å². The number of benzene rings is 1. The van der Waals surface area contributed by atoms with Crippen molar-refractivity contribution in [3.05, 3.63) is 53.1 Å². The molecule has 1 aromatic carbocycles. The lowest BCUT2D eigenvalue weighted by atomic mass is 10.1. The lowest BCUT2D eigenvalue weighted by Crippen LogP contribution is -2.15. The van der Waals surface area contributed by atoms with Gasteiger partial charge in [0.25, 0.3) is 0 Å². The zero-order valence-corrected chi connectivity index (χ0v) is 17.7. The maximum Gasteiger partial charge on any atom is 0.387 e. The fourth-order valence-electron chi connectivity index (χ4n) is 3.47. The van der Waals surface area contributed by atoms with Gasteiger partial charge in [-0.25, -0.2) is 4.98 Å². The average molecular weight is 432 g/mol. The minimum Gasteiger partial charge on any atom is -0.435 e. The summed E-state index contributed by atoms with van der Waals surface area (Å²) in [6, 6.07) is 8.21. The Labute approximate surface area is 177 Å². The molecular weight excluding hydrogens is 410 g/mol. The molecule has 0 bridgehead atoms. The number of nitrogens with zero attached hydrogens (tertiary/aromatic N) is 3. The van der Waals surface area contributed by atoms with Crippen molar-refractivity contribution < 1.29 is 18.3 Å². The molecular formula is C21H22F2N4O2S. The zero-order chi connectivity index (χ0) is 21.4. The second-order valence-corrected chi connectivity index (χ2v) is 8.70. The Hall–Kier alpha value is -2.68. The van der Waals surface area contributed by atoms with Crippen LogP contribution in [0, 0.1) is 13.8 Å². The number of nitrogens with one attached hydrogen (secondary N) is 1. The molecule has 0 amide bonds. The van der Waals surface area contributed by atoms with Crippen LogP contribution < -0.4 is 4.74 Å². The first kappa shape index (κ1) is 20.6. The number of aromatic nitrogens is 4. The molecule has 158 valence electrons. The Morgan fingerprint density at radius 2 is 1.97 bits per heavy atom. The number of Topliss-reactive ketones (excluding diaryl/α,β-unsaturated/α-hetero) is 1. The number of rotatable bonds is 8. The number of aryl methyl sites for hydroxylation is 1. The molecule has 1 fully saturated rings. The molecule has 0 saturated heterocycles. The van der Waals surface area contributed by atoms with Gasteiger partial charge in [-0.3, -0.25) is 9.89 Å². The number of thioether (sulfide) groups is 1. The van der Waals surface area contributed by atoms with Crippen LogP contribution in [0.5, 0.6) is 5.75 Å². The van der Waals surface area contributed by atoms with Crippen LogP contribution in [0.2, 0.25) is 0 Å². The van der Waals surface area contributed by atoms with Gasteiger partial charge in [0.05, 0.1) is 5.25 Å². The summed E-state index contributed by atoms with van der Waals surface area (Å²) >= 11 is 1.34. The van der Waals surface area contributed by atoms with E-state index in [0.717, 1.165) is 35.7 Å². The second kappa shape index (κ2) is 8.22.